The van der Waals surface area contributed by atoms with Gasteiger partial charge >= 0.3 is 5.97 Å². The van der Waals surface area contributed by atoms with Gasteiger partial charge in [0.2, 0.25) is 0 Å². The Morgan fingerprint density at radius 1 is 1.32 bits per heavy atom. The molecule has 0 N–H and O–H groups in total. The standard InChI is InChI=1S/C20H34O4Si/c1-14(21)23-13-17(22)15-10-11-16-18(9-8-12-20(15,16)5)24-25(6,7)19(2,3)4/h10,16,18H,8-9,11-13H2,1-7H3/t16-,18-,20+/m0/s1. The molecule has 0 unspecified atom stereocenters. The number of hydrogen-bond acceptors (Lipinski definition) is 4. The van der Waals surface area contributed by atoms with Crippen LogP contribution in [0.2, 0.25) is 18.1 Å². The van der Waals surface area contributed by atoms with E-state index in [2.05, 4.69) is 46.9 Å². The molecule has 4 nitrogen and oxygen atoms in total. The van der Waals surface area contributed by atoms with Gasteiger partial charge in [-0.15, -0.1) is 0 Å². The van der Waals surface area contributed by atoms with Crippen molar-refractivity contribution < 1.29 is 18.8 Å². The molecule has 142 valence electrons. The second-order valence-corrected chi connectivity index (χ2v) is 14.1. The van der Waals surface area contributed by atoms with Gasteiger partial charge in [0.05, 0.1) is 0 Å². The number of fused-ring (bicyclic) bond motifs is 1. The van der Waals surface area contributed by atoms with Crippen LogP contribution in [0.3, 0.4) is 0 Å². The molecule has 5 heteroatoms. The molecule has 2 rings (SSSR count). The highest BCUT2D eigenvalue weighted by Gasteiger charge is 2.51. The minimum absolute atomic E-state index is 0.0480. The summed E-state index contributed by atoms with van der Waals surface area (Å²) in [5.74, 6) is -0.101. The fourth-order valence-electron chi connectivity index (χ4n) is 4.07. The highest BCUT2D eigenvalue weighted by Crippen LogP contribution is 2.54. The number of ether oxygens (including phenoxy) is 1. The van der Waals surface area contributed by atoms with Gasteiger partial charge in [0.1, 0.15) is 0 Å². The molecule has 2 aliphatic rings. The summed E-state index contributed by atoms with van der Waals surface area (Å²) in [6, 6.07) is 0. The molecule has 0 aliphatic heterocycles. The van der Waals surface area contributed by atoms with E-state index >= 15 is 0 Å². The molecule has 0 saturated heterocycles. The summed E-state index contributed by atoms with van der Waals surface area (Å²) in [4.78, 5) is 23.6. The van der Waals surface area contributed by atoms with E-state index in [-0.39, 0.29) is 28.9 Å². The largest absolute Gasteiger partial charge is 0.457 e. The van der Waals surface area contributed by atoms with E-state index in [1.807, 2.05) is 0 Å². The van der Waals surface area contributed by atoms with Gasteiger partial charge in [0.15, 0.2) is 20.7 Å². The third kappa shape index (κ3) is 4.08. The molecule has 0 aromatic carbocycles. The second kappa shape index (κ2) is 6.99. The van der Waals surface area contributed by atoms with E-state index in [1.54, 1.807) is 0 Å². The highest BCUT2D eigenvalue weighted by molar-refractivity contribution is 6.74. The van der Waals surface area contributed by atoms with Gasteiger partial charge < -0.3 is 9.16 Å². The SMILES string of the molecule is CC(=O)OCC(=O)C1=CC[C@H]2[C@@H](O[Si](C)(C)C(C)(C)C)CCC[C@]12C. The predicted molar refractivity (Wildman–Crippen MR) is 102 cm³/mol. The molecule has 0 amide bonds. The Labute approximate surface area is 153 Å². The van der Waals surface area contributed by atoms with Crippen molar-refractivity contribution in [3.05, 3.63) is 11.6 Å². The van der Waals surface area contributed by atoms with Crippen LogP contribution in [-0.4, -0.2) is 32.8 Å². The van der Waals surface area contributed by atoms with Crippen molar-refractivity contribution in [3.8, 4) is 0 Å². The Balaban J connectivity index is 2.14. The predicted octanol–water partition coefficient (Wildman–Crippen LogP) is 4.65. The fourth-order valence-corrected chi connectivity index (χ4v) is 5.46. The normalized spacial score (nSPS) is 29.8. The maximum Gasteiger partial charge on any atom is 0.303 e. The van der Waals surface area contributed by atoms with E-state index < -0.39 is 14.3 Å². The van der Waals surface area contributed by atoms with Crippen LogP contribution in [0.25, 0.3) is 0 Å². The van der Waals surface area contributed by atoms with E-state index in [0.717, 1.165) is 31.3 Å². The smallest absolute Gasteiger partial charge is 0.303 e. The van der Waals surface area contributed by atoms with Crippen LogP contribution < -0.4 is 0 Å². The first-order valence-electron chi connectivity index (χ1n) is 9.43. The second-order valence-electron chi connectivity index (χ2n) is 9.39. The van der Waals surface area contributed by atoms with Crippen molar-refractivity contribution in [1.29, 1.82) is 0 Å². The maximum absolute atomic E-state index is 12.6. The lowest BCUT2D eigenvalue weighted by Gasteiger charge is -2.48. The van der Waals surface area contributed by atoms with Gasteiger partial charge in [-0.05, 0) is 43.3 Å². The van der Waals surface area contributed by atoms with E-state index in [9.17, 15) is 9.59 Å². The fraction of sp³-hybridized carbons (Fsp3) is 0.800. The summed E-state index contributed by atoms with van der Waals surface area (Å²) in [6.07, 6.45) is 6.33. The zero-order valence-corrected chi connectivity index (χ0v) is 17.9. The van der Waals surface area contributed by atoms with Gasteiger partial charge in [-0.25, -0.2) is 0 Å². The Hall–Kier alpha value is -0.943. The average molecular weight is 367 g/mol. The Morgan fingerprint density at radius 3 is 2.52 bits per heavy atom. The number of Topliss-reactive ketones (excluding diaryl/α,β-unsaturated/α-hetero) is 1. The molecule has 3 atom stereocenters. The van der Waals surface area contributed by atoms with E-state index in [4.69, 9.17) is 9.16 Å². The molecule has 2 aliphatic carbocycles. The molecule has 0 aromatic rings. The van der Waals surface area contributed by atoms with Crippen LogP contribution >= 0.6 is 0 Å². The monoisotopic (exact) mass is 366 g/mol. The van der Waals surface area contributed by atoms with Crippen molar-refractivity contribution >= 4 is 20.1 Å². The third-order valence-corrected chi connectivity index (χ3v) is 11.1. The van der Waals surface area contributed by atoms with Gasteiger partial charge in [-0.3, -0.25) is 9.59 Å². The lowest BCUT2D eigenvalue weighted by atomic mass is 9.64. The summed E-state index contributed by atoms with van der Waals surface area (Å²) in [5, 5.41) is 0.181. The van der Waals surface area contributed by atoms with E-state index in [1.165, 1.54) is 6.92 Å². The van der Waals surface area contributed by atoms with Crippen molar-refractivity contribution in [2.45, 2.75) is 84.5 Å². The molecule has 1 fully saturated rings. The van der Waals surface area contributed by atoms with Crippen LogP contribution in [0.15, 0.2) is 11.6 Å². The van der Waals surface area contributed by atoms with Crippen molar-refractivity contribution in [2.24, 2.45) is 11.3 Å². The zero-order chi connectivity index (χ0) is 19.0. The number of ketones is 1. The molecule has 1 saturated carbocycles. The molecule has 0 heterocycles. The number of carbonyl (C=O) groups is 2. The minimum atomic E-state index is -1.84. The molecule has 0 spiro atoms. The summed E-state index contributed by atoms with van der Waals surface area (Å²) < 4.78 is 11.7. The first kappa shape index (κ1) is 20.4. The zero-order valence-electron chi connectivity index (χ0n) is 16.9. The van der Waals surface area contributed by atoms with Crippen LogP contribution in [0, 0.1) is 11.3 Å². The summed E-state index contributed by atoms with van der Waals surface area (Å²) in [7, 11) is -1.84. The molecule has 0 aromatic heterocycles. The minimum Gasteiger partial charge on any atom is -0.457 e. The van der Waals surface area contributed by atoms with Crippen molar-refractivity contribution in [2.75, 3.05) is 6.61 Å². The summed E-state index contributed by atoms with van der Waals surface area (Å²) in [5.41, 5.74) is 0.699. The lowest BCUT2D eigenvalue weighted by molar-refractivity contribution is -0.145. The van der Waals surface area contributed by atoms with Crippen LogP contribution in [0.1, 0.15) is 60.3 Å². The molecule has 25 heavy (non-hydrogen) atoms. The van der Waals surface area contributed by atoms with Crippen molar-refractivity contribution in [3.63, 3.8) is 0 Å². The van der Waals surface area contributed by atoms with Gasteiger partial charge in [0, 0.05) is 24.0 Å². The quantitative estimate of drug-likeness (QED) is 0.525. The number of hydrogen-bond donors (Lipinski definition) is 0. The molecule has 0 bridgehead atoms. The number of allylic oxidation sites excluding steroid dienone is 1. The van der Waals surface area contributed by atoms with Gasteiger partial charge in [-0.1, -0.05) is 40.2 Å². The van der Waals surface area contributed by atoms with E-state index in [0.29, 0.717) is 5.92 Å². The molecule has 0 radical (unpaired) electrons. The van der Waals surface area contributed by atoms with Crippen LogP contribution in [0.4, 0.5) is 0 Å². The van der Waals surface area contributed by atoms with Crippen LogP contribution in [-0.2, 0) is 18.8 Å². The maximum atomic E-state index is 12.6. The average Bonchev–Trinajstić information content (AvgIpc) is 2.81. The van der Waals surface area contributed by atoms with Crippen LogP contribution in [0.5, 0.6) is 0 Å². The Kier molecular flexibility index (Phi) is 5.70. The first-order chi connectivity index (χ1) is 11.4. The number of carbonyl (C=O) groups excluding carboxylic acids is 2. The summed E-state index contributed by atoms with van der Waals surface area (Å²) in [6.45, 7) is 14.8. The molecular weight excluding hydrogens is 332 g/mol. The Bertz CT molecular complexity index is 573. The Morgan fingerprint density at radius 2 is 1.96 bits per heavy atom. The number of esters is 1. The van der Waals surface area contributed by atoms with Gasteiger partial charge in [0.25, 0.3) is 0 Å². The number of rotatable bonds is 5. The van der Waals surface area contributed by atoms with Crippen molar-refractivity contribution in [1.82, 2.24) is 0 Å². The molecular formula is C20H34O4Si. The topological polar surface area (TPSA) is 52.6 Å². The first-order valence-corrected chi connectivity index (χ1v) is 12.3. The summed E-state index contributed by atoms with van der Waals surface area (Å²) >= 11 is 0. The lowest BCUT2D eigenvalue weighted by Crippen LogP contribution is -2.50. The highest BCUT2D eigenvalue weighted by atomic mass is 28.4. The third-order valence-electron chi connectivity index (χ3n) is 6.60. The van der Waals surface area contributed by atoms with Gasteiger partial charge in [-0.2, -0.15) is 0 Å².